The molecule has 0 radical (unpaired) electrons. The van der Waals surface area contributed by atoms with Crippen molar-refractivity contribution in [3.8, 4) is 0 Å². The number of aryl methyl sites for hydroxylation is 1. The minimum atomic E-state index is -3.77. The normalized spacial score (nSPS) is 14.1. The third-order valence-corrected chi connectivity index (χ3v) is 5.22. The SMILES string of the molecule is Cc1nc2c(c(N(C)C)n1)CCN(C(=O)c1ccc(S(N)(=O)=O)cc1)C2. The topological polar surface area (TPSA) is 109 Å². The number of fused-ring (bicyclic) bond motifs is 1. The largest absolute Gasteiger partial charge is 0.362 e. The van der Waals surface area contributed by atoms with Gasteiger partial charge in [0.25, 0.3) is 5.91 Å². The first kappa shape index (κ1) is 18.3. The Morgan fingerprint density at radius 2 is 1.85 bits per heavy atom. The van der Waals surface area contributed by atoms with Crippen molar-refractivity contribution in [3.05, 3.63) is 46.9 Å². The van der Waals surface area contributed by atoms with Crippen LogP contribution in [0, 0.1) is 6.92 Å². The van der Waals surface area contributed by atoms with Gasteiger partial charge in [0, 0.05) is 31.8 Å². The van der Waals surface area contributed by atoms with Crippen LogP contribution in [-0.2, 0) is 23.0 Å². The maximum atomic E-state index is 12.8. The van der Waals surface area contributed by atoms with Gasteiger partial charge in [-0.25, -0.2) is 23.5 Å². The van der Waals surface area contributed by atoms with Crippen molar-refractivity contribution in [2.45, 2.75) is 24.8 Å². The highest BCUT2D eigenvalue weighted by molar-refractivity contribution is 7.89. The van der Waals surface area contributed by atoms with Crippen LogP contribution in [0.2, 0.25) is 0 Å². The van der Waals surface area contributed by atoms with E-state index in [0.717, 1.165) is 17.1 Å². The summed E-state index contributed by atoms with van der Waals surface area (Å²) in [5.41, 5.74) is 2.33. The molecule has 1 aliphatic rings. The van der Waals surface area contributed by atoms with Crippen molar-refractivity contribution in [2.75, 3.05) is 25.5 Å². The number of benzene rings is 1. The lowest BCUT2D eigenvalue weighted by Crippen LogP contribution is -2.37. The van der Waals surface area contributed by atoms with E-state index in [1.807, 2.05) is 25.9 Å². The van der Waals surface area contributed by atoms with Crippen molar-refractivity contribution in [2.24, 2.45) is 5.14 Å². The van der Waals surface area contributed by atoms with Gasteiger partial charge in [0.15, 0.2) is 0 Å². The van der Waals surface area contributed by atoms with Gasteiger partial charge in [-0.05, 0) is 37.6 Å². The molecule has 0 saturated heterocycles. The fourth-order valence-corrected chi connectivity index (χ4v) is 3.56. The number of nitrogens with two attached hydrogens (primary N) is 1. The maximum absolute atomic E-state index is 12.8. The van der Waals surface area contributed by atoms with E-state index in [4.69, 9.17) is 5.14 Å². The van der Waals surface area contributed by atoms with Crippen LogP contribution in [0.25, 0.3) is 0 Å². The van der Waals surface area contributed by atoms with Crippen LogP contribution in [0.4, 0.5) is 5.82 Å². The molecule has 0 spiro atoms. The lowest BCUT2D eigenvalue weighted by molar-refractivity contribution is 0.0731. The molecule has 0 saturated carbocycles. The highest BCUT2D eigenvalue weighted by Gasteiger charge is 2.26. The summed E-state index contributed by atoms with van der Waals surface area (Å²) in [7, 11) is 0.0999. The lowest BCUT2D eigenvalue weighted by atomic mass is 10.0. The van der Waals surface area contributed by atoms with E-state index in [1.54, 1.807) is 4.90 Å². The van der Waals surface area contributed by atoms with E-state index < -0.39 is 10.0 Å². The fourth-order valence-electron chi connectivity index (χ4n) is 3.04. The maximum Gasteiger partial charge on any atom is 0.254 e. The molecule has 2 N–H and O–H groups in total. The number of anilines is 1. The number of rotatable bonds is 3. The highest BCUT2D eigenvalue weighted by Crippen LogP contribution is 2.26. The number of hydrogen-bond acceptors (Lipinski definition) is 6. The molecule has 0 unspecified atom stereocenters. The summed E-state index contributed by atoms with van der Waals surface area (Å²) in [5, 5.41) is 5.09. The molecule has 1 aromatic carbocycles. The van der Waals surface area contributed by atoms with Gasteiger partial charge < -0.3 is 9.80 Å². The van der Waals surface area contributed by atoms with E-state index in [1.165, 1.54) is 24.3 Å². The van der Waals surface area contributed by atoms with Crippen molar-refractivity contribution in [1.29, 1.82) is 0 Å². The van der Waals surface area contributed by atoms with Crippen molar-refractivity contribution < 1.29 is 13.2 Å². The van der Waals surface area contributed by atoms with Gasteiger partial charge in [0.05, 0.1) is 17.1 Å². The second kappa shape index (κ2) is 6.65. The summed E-state index contributed by atoms with van der Waals surface area (Å²) in [5.74, 6) is 1.38. The zero-order valence-electron chi connectivity index (χ0n) is 14.9. The molecule has 0 atom stereocenters. The number of carbonyl (C=O) groups is 1. The molecule has 1 amide bonds. The predicted molar refractivity (Wildman–Crippen MR) is 97.4 cm³/mol. The third kappa shape index (κ3) is 3.54. The van der Waals surface area contributed by atoms with Gasteiger partial charge in [-0.2, -0.15) is 0 Å². The Labute approximate surface area is 152 Å². The summed E-state index contributed by atoms with van der Waals surface area (Å²) in [6.45, 7) is 2.78. The minimum absolute atomic E-state index is 0.0166. The Hall–Kier alpha value is -2.52. The van der Waals surface area contributed by atoms with Crippen LogP contribution in [0.1, 0.15) is 27.4 Å². The zero-order chi connectivity index (χ0) is 19.1. The van der Waals surface area contributed by atoms with Crippen molar-refractivity contribution in [1.82, 2.24) is 14.9 Å². The Morgan fingerprint density at radius 1 is 1.19 bits per heavy atom. The summed E-state index contributed by atoms with van der Waals surface area (Å²) >= 11 is 0. The second-order valence-electron chi connectivity index (χ2n) is 6.46. The van der Waals surface area contributed by atoms with E-state index in [0.29, 0.717) is 30.9 Å². The zero-order valence-corrected chi connectivity index (χ0v) is 15.7. The molecule has 2 aromatic rings. The molecule has 3 rings (SSSR count). The molecule has 2 heterocycles. The fraction of sp³-hybridized carbons (Fsp3) is 0.353. The number of aromatic nitrogens is 2. The molecular weight excluding hydrogens is 354 g/mol. The Kier molecular flexibility index (Phi) is 4.68. The summed E-state index contributed by atoms with van der Waals surface area (Å²) < 4.78 is 22.7. The molecular formula is C17H21N5O3S. The Morgan fingerprint density at radius 3 is 2.42 bits per heavy atom. The third-order valence-electron chi connectivity index (χ3n) is 4.30. The molecule has 1 aromatic heterocycles. The summed E-state index contributed by atoms with van der Waals surface area (Å²) in [6.07, 6.45) is 0.671. The number of carbonyl (C=O) groups excluding carboxylic acids is 1. The summed E-state index contributed by atoms with van der Waals surface area (Å²) in [6, 6.07) is 5.65. The number of sulfonamides is 1. The molecule has 0 fully saturated rings. The Balaban J connectivity index is 1.86. The number of amides is 1. The average Bonchev–Trinajstić information content (AvgIpc) is 2.59. The monoisotopic (exact) mass is 375 g/mol. The molecule has 0 bridgehead atoms. The van der Waals surface area contributed by atoms with Crippen LogP contribution in [0.15, 0.2) is 29.2 Å². The van der Waals surface area contributed by atoms with Crippen molar-refractivity contribution >= 4 is 21.7 Å². The van der Waals surface area contributed by atoms with Crippen LogP contribution >= 0.6 is 0 Å². The van der Waals surface area contributed by atoms with Gasteiger partial charge in [0.1, 0.15) is 11.6 Å². The van der Waals surface area contributed by atoms with Crippen LogP contribution < -0.4 is 10.0 Å². The predicted octanol–water partition coefficient (Wildman–Crippen LogP) is 0.697. The minimum Gasteiger partial charge on any atom is -0.362 e. The molecule has 9 heteroatoms. The quantitative estimate of drug-likeness (QED) is 0.846. The van der Waals surface area contributed by atoms with Crippen molar-refractivity contribution in [3.63, 3.8) is 0 Å². The number of nitrogens with zero attached hydrogens (tertiary/aromatic N) is 4. The van der Waals surface area contributed by atoms with Gasteiger partial charge in [-0.15, -0.1) is 0 Å². The first-order valence-corrected chi connectivity index (χ1v) is 9.67. The average molecular weight is 375 g/mol. The molecule has 138 valence electrons. The second-order valence-corrected chi connectivity index (χ2v) is 8.02. The molecule has 0 aliphatic carbocycles. The summed E-state index contributed by atoms with van der Waals surface area (Å²) in [4.78, 5) is 25.4. The molecule has 8 nitrogen and oxygen atoms in total. The molecule has 26 heavy (non-hydrogen) atoms. The first-order valence-electron chi connectivity index (χ1n) is 8.12. The number of primary sulfonamides is 1. The standard InChI is InChI=1S/C17H21N5O3S/c1-11-19-15-10-22(9-8-14(15)16(20-11)21(2)3)17(23)12-4-6-13(7-5-12)26(18,24)25/h4-7H,8-10H2,1-3H3,(H2,18,24,25). The first-order chi connectivity index (χ1) is 12.2. The molecule has 1 aliphatic heterocycles. The number of hydrogen-bond donors (Lipinski definition) is 1. The van der Waals surface area contributed by atoms with E-state index >= 15 is 0 Å². The van der Waals surface area contributed by atoms with Gasteiger partial charge >= 0.3 is 0 Å². The van der Waals surface area contributed by atoms with Gasteiger partial charge in [0.2, 0.25) is 10.0 Å². The van der Waals surface area contributed by atoms with Gasteiger partial charge in [-0.3, -0.25) is 4.79 Å². The van der Waals surface area contributed by atoms with Crippen LogP contribution in [-0.4, -0.2) is 49.8 Å². The van der Waals surface area contributed by atoms with Crippen LogP contribution in [0.5, 0.6) is 0 Å². The van der Waals surface area contributed by atoms with Crippen LogP contribution in [0.3, 0.4) is 0 Å². The Bertz CT molecular complexity index is 955. The lowest BCUT2D eigenvalue weighted by Gasteiger charge is -2.30. The smallest absolute Gasteiger partial charge is 0.254 e. The van der Waals surface area contributed by atoms with E-state index in [-0.39, 0.29) is 10.8 Å². The highest BCUT2D eigenvalue weighted by atomic mass is 32.2. The van der Waals surface area contributed by atoms with Gasteiger partial charge in [-0.1, -0.05) is 0 Å². The van der Waals surface area contributed by atoms with E-state index in [9.17, 15) is 13.2 Å². The van der Waals surface area contributed by atoms with E-state index in [2.05, 4.69) is 9.97 Å².